The summed E-state index contributed by atoms with van der Waals surface area (Å²) in [5.74, 6) is -1.56. The van der Waals surface area contributed by atoms with Crippen molar-refractivity contribution in [3.63, 3.8) is 0 Å². The number of aryl methyl sites for hydroxylation is 2. The highest BCUT2D eigenvalue weighted by molar-refractivity contribution is 7.23. The summed E-state index contributed by atoms with van der Waals surface area (Å²) in [5, 5.41) is 14.6. The van der Waals surface area contributed by atoms with E-state index in [4.69, 9.17) is 35.5 Å². The molecule has 0 bridgehead atoms. The van der Waals surface area contributed by atoms with Crippen molar-refractivity contribution in [1.29, 1.82) is 0 Å². The molecule has 8 rings (SSSR count). The number of pyridine rings is 2. The van der Waals surface area contributed by atoms with Gasteiger partial charge in [-0.3, -0.25) is 4.98 Å². The number of carbonyl (C=O) groups is 1. The molecule has 1 aliphatic heterocycles. The van der Waals surface area contributed by atoms with Crippen molar-refractivity contribution < 1.29 is 27.5 Å². The lowest BCUT2D eigenvalue weighted by Gasteiger charge is -2.22. The van der Waals surface area contributed by atoms with E-state index in [1.165, 1.54) is 30.6 Å². The minimum Gasteiger partial charge on any atom is -0.492 e. The number of aromatic nitrogens is 4. The number of fused-ring (bicyclic) bond motifs is 2. The van der Waals surface area contributed by atoms with E-state index in [9.17, 15) is 14.0 Å². The fraction of sp³-hybridized carbons (Fsp3) is 0.308. The van der Waals surface area contributed by atoms with Gasteiger partial charge in [0.1, 0.15) is 11.6 Å². The molecule has 11 nitrogen and oxygen atoms in total. The van der Waals surface area contributed by atoms with Crippen LogP contribution in [0.5, 0.6) is 5.75 Å². The molecule has 1 aliphatic carbocycles. The number of H-pyrrole nitrogens is 1. The minimum atomic E-state index is -0.766. The zero-order chi connectivity index (χ0) is 37.5. The number of nitrogens with one attached hydrogen (secondary N) is 3. The van der Waals surface area contributed by atoms with E-state index in [2.05, 4.69) is 20.8 Å². The van der Waals surface area contributed by atoms with E-state index < -0.39 is 17.5 Å². The number of carbonyl (C=O) groups excluding carboxylic acids is 1. The van der Waals surface area contributed by atoms with Crippen LogP contribution in [0.2, 0.25) is 5.02 Å². The number of halogens is 3. The Kier molecular flexibility index (Phi) is 9.90. The molecule has 3 N–H and O–H groups in total. The van der Waals surface area contributed by atoms with Gasteiger partial charge in [0.25, 0.3) is 5.89 Å². The molecule has 1 saturated heterocycles. The lowest BCUT2D eigenvalue weighted by molar-refractivity contribution is 0.0524. The molecule has 2 aliphatic rings. The minimum absolute atomic E-state index is 0.0288. The number of aromatic amines is 1. The van der Waals surface area contributed by atoms with Crippen molar-refractivity contribution in [2.24, 2.45) is 0 Å². The highest BCUT2D eigenvalue weighted by Gasteiger charge is 2.35. The SMILES string of the molecule is CCOC(=O)c1c([C@@H]2CCCN2)nc(CCc2ccc(F)cc2)c(-c2n[nH]c(=O)o2)c1-c1cc2ccnc(N[C@@H]3CCc4c3cc(Cl)c(OC)c4F)c2s1. The Morgan fingerprint density at radius 2 is 1.96 bits per heavy atom. The van der Waals surface area contributed by atoms with Gasteiger partial charge in [-0.05, 0) is 104 Å². The van der Waals surface area contributed by atoms with Crippen molar-refractivity contribution in [2.45, 2.75) is 57.5 Å². The highest BCUT2D eigenvalue weighted by Crippen LogP contribution is 2.47. The Morgan fingerprint density at radius 3 is 2.69 bits per heavy atom. The molecule has 0 spiro atoms. The molecule has 2 aromatic carbocycles. The van der Waals surface area contributed by atoms with E-state index in [-0.39, 0.29) is 46.7 Å². The molecule has 1 fully saturated rings. The maximum absolute atomic E-state index is 15.3. The third kappa shape index (κ3) is 6.62. The largest absolute Gasteiger partial charge is 0.492 e. The average Bonchev–Trinajstić information content (AvgIpc) is 3.99. The van der Waals surface area contributed by atoms with Gasteiger partial charge in [-0.25, -0.2) is 28.5 Å². The number of benzene rings is 2. The Hall–Kier alpha value is -5.18. The standard InChI is InChI=1S/C39H35ClF2N6O5S/c1-3-52-38(49)31-30(28-17-20-14-16-44-36(35(20)54-28)46-25-13-11-22-23(25)18-24(40)34(51-2)32(22)42)29(37-47-48-39(50)53-37)26(45-33(31)27-5-4-15-43-27)12-8-19-6-9-21(41)10-7-19/h6-7,9-10,14,16-18,25,27,43H,3-5,8,11-13,15H2,1-2H3,(H,44,46)(H,48,50)/t25-,27+/m1/s1. The second-order valence-electron chi connectivity index (χ2n) is 13.2. The first-order valence-corrected chi connectivity index (χ1v) is 18.9. The van der Waals surface area contributed by atoms with Crippen LogP contribution >= 0.6 is 22.9 Å². The molecule has 0 unspecified atom stereocenters. The first-order chi connectivity index (χ1) is 26.2. The normalized spacial score (nSPS) is 16.5. The molecule has 0 saturated carbocycles. The number of hydrogen-bond donors (Lipinski definition) is 3. The molecule has 54 heavy (non-hydrogen) atoms. The summed E-state index contributed by atoms with van der Waals surface area (Å²) in [6, 6.07) is 11.3. The number of esters is 1. The highest BCUT2D eigenvalue weighted by atomic mass is 35.5. The first-order valence-electron chi connectivity index (χ1n) is 17.7. The molecule has 2 atom stereocenters. The summed E-state index contributed by atoms with van der Waals surface area (Å²) in [4.78, 5) is 37.1. The molecule has 6 aromatic rings. The number of methoxy groups -OCH3 is 1. The van der Waals surface area contributed by atoms with Crippen LogP contribution in [0.4, 0.5) is 14.6 Å². The summed E-state index contributed by atoms with van der Waals surface area (Å²) in [6.45, 7) is 2.61. The smallest absolute Gasteiger partial charge is 0.434 e. The molecule has 4 aromatic heterocycles. The number of nitrogens with zero attached hydrogens (tertiary/aromatic N) is 3. The lowest BCUT2D eigenvalue weighted by Crippen LogP contribution is -2.22. The number of hydrogen-bond acceptors (Lipinski definition) is 11. The van der Waals surface area contributed by atoms with Crippen molar-refractivity contribution in [2.75, 3.05) is 25.6 Å². The third-order valence-electron chi connectivity index (χ3n) is 9.95. The predicted molar refractivity (Wildman–Crippen MR) is 201 cm³/mol. The zero-order valence-corrected chi connectivity index (χ0v) is 30.9. The van der Waals surface area contributed by atoms with Gasteiger partial charge in [0.15, 0.2) is 11.6 Å². The van der Waals surface area contributed by atoms with Crippen LogP contribution in [0.3, 0.4) is 0 Å². The Labute approximate surface area is 317 Å². The fourth-order valence-electron chi connectivity index (χ4n) is 7.50. The molecule has 278 valence electrons. The van der Waals surface area contributed by atoms with E-state index >= 15 is 4.39 Å². The van der Waals surface area contributed by atoms with Crippen LogP contribution in [0.1, 0.15) is 76.7 Å². The van der Waals surface area contributed by atoms with Gasteiger partial charge >= 0.3 is 11.7 Å². The van der Waals surface area contributed by atoms with Crippen molar-refractivity contribution >= 4 is 44.8 Å². The summed E-state index contributed by atoms with van der Waals surface area (Å²) in [6.07, 6.45) is 5.27. The van der Waals surface area contributed by atoms with Crippen LogP contribution in [-0.2, 0) is 24.0 Å². The second kappa shape index (κ2) is 14.9. The number of anilines is 1. The average molecular weight is 773 g/mol. The van der Waals surface area contributed by atoms with Crippen LogP contribution in [0, 0.1) is 11.6 Å². The van der Waals surface area contributed by atoms with Crippen LogP contribution in [0.25, 0.3) is 32.0 Å². The first kappa shape index (κ1) is 35.8. The zero-order valence-electron chi connectivity index (χ0n) is 29.4. The van der Waals surface area contributed by atoms with Gasteiger partial charge in [-0.15, -0.1) is 16.4 Å². The fourth-order valence-corrected chi connectivity index (χ4v) is 8.95. The van der Waals surface area contributed by atoms with E-state index in [1.54, 1.807) is 31.3 Å². The molecular weight excluding hydrogens is 738 g/mol. The maximum Gasteiger partial charge on any atom is 0.434 e. The topological polar surface area (TPSA) is 144 Å². The summed E-state index contributed by atoms with van der Waals surface area (Å²) in [5.41, 5.74) is 4.34. The van der Waals surface area contributed by atoms with Gasteiger partial charge in [-0.1, -0.05) is 23.7 Å². The monoisotopic (exact) mass is 772 g/mol. The van der Waals surface area contributed by atoms with Gasteiger partial charge in [-0.2, -0.15) is 0 Å². The summed E-state index contributed by atoms with van der Waals surface area (Å²) < 4.78 is 46.4. The molecule has 15 heteroatoms. The number of ether oxygens (including phenoxy) is 2. The Morgan fingerprint density at radius 1 is 1.13 bits per heavy atom. The van der Waals surface area contributed by atoms with Crippen LogP contribution in [0.15, 0.2) is 57.9 Å². The van der Waals surface area contributed by atoms with E-state index in [0.29, 0.717) is 64.5 Å². The Bertz CT molecular complexity index is 2440. The van der Waals surface area contributed by atoms with Crippen molar-refractivity contribution in [1.82, 2.24) is 25.5 Å². The summed E-state index contributed by atoms with van der Waals surface area (Å²) >= 11 is 7.80. The predicted octanol–water partition coefficient (Wildman–Crippen LogP) is 8.13. The van der Waals surface area contributed by atoms with Gasteiger partial charge in [0, 0.05) is 16.6 Å². The van der Waals surface area contributed by atoms with Gasteiger partial charge in [0.05, 0.1) is 58.0 Å². The van der Waals surface area contributed by atoms with E-state index in [1.807, 2.05) is 12.1 Å². The maximum atomic E-state index is 15.3. The lowest BCUT2D eigenvalue weighted by atomic mass is 9.91. The van der Waals surface area contributed by atoms with Crippen molar-refractivity contribution in [3.8, 4) is 27.6 Å². The number of thiophene rings is 1. The number of rotatable bonds is 11. The molecular formula is C39H35ClF2N6O5S. The van der Waals surface area contributed by atoms with Gasteiger partial charge < -0.3 is 24.5 Å². The molecule has 0 amide bonds. The second-order valence-corrected chi connectivity index (χ2v) is 14.6. The Balaban J connectivity index is 1.31. The molecule has 5 heterocycles. The summed E-state index contributed by atoms with van der Waals surface area (Å²) in [7, 11) is 1.39. The third-order valence-corrected chi connectivity index (χ3v) is 11.4. The van der Waals surface area contributed by atoms with Gasteiger partial charge in [0.2, 0.25) is 0 Å². The van der Waals surface area contributed by atoms with Crippen LogP contribution in [-0.4, -0.2) is 46.4 Å². The van der Waals surface area contributed by atoms with E-state index in [0.717, 1.165) is 40.6 Å². The molecule has 0 radical (unpaired) electrons. The quantitative estimate of drug-likeness (QED) is 0.110. The van der Waals surface area contributed by atoms with Crippen LogP contribution < -0.4 is 21.1 Å². The van der Waals surface area contributed by atoms with Crippen molar-refractivity contribution in [3.05, 3.63) is 110 Å².